The van der Waals surface area contributed by atoms with E-state index in [9.17, 15) is 14.7 Å². The quantitative estimate of drug-likeness (QED) is 0.677. The van der Waals surface area contributed by atoms with E-state index in [1.54, 1.807) is 35.2 Å². The number of ketones is 1. The SMILES string of the molecule is O=C(c1cccs1)[C@H]1CCCN(C(=O)c2cc(-c3ccc(O)cc3)n[nH]2)C1. The molecule has 0 spiro atoms. The highest BCUT2D eigenvalue weighted by Gasteiger charge is 2.30. The molecule has 3 aromatic rings. The van der Waals surface area contributed by atoms with Crippen LogP contribution in [0.4, 0.5) is 0 Å². The minimum atomic E-state index is -0.152. The topological polar surface area (TPSA) is 86.3 Å². The lowest BCUT2D eigenvalue weighted by atomic mass is 9.93. The number of amides is 1. The number of nitrogens with one attached hydrogen (secondary N) is 1. The van der Waals surface area contributed by atoms with Gasteiger partial charge in [0.2, 0.25) is 0 Å². The predicted octanol–water partition coefficient (Wildman–Crippen LogP) is 3.58. The third-order valence-corrected chi connectivity index (χ3v) is 5.70. The normalized spacial score (nSPS) is 17.0. The summed E-state index contributed by atoms with van der Waals surface area (Å²) in [5.74, 6) is 0.00860. The van der Waals surface area contributed by atoms with E-state index in [0.29, 0.717) is 24.5 Å². The van der Waals surface area contributed by atoms with Gasteiger partial charge in [0.1, 0.15) is 11.4 Å². The number of phenols is 1. The molecule has 0 unspecified atom stereocenters. The molecule has 0 radical (unpaired) electrons. The molecule has 7 heteroatoms. The van der Waals surface area contributed by atoms with Crippen molar-refractivity contribution in [3.05, 3.63) is 58.4 Å². The smallest absolute Gasteiger partial charge is 0.271 e. The molecule has 0 aliphatic carbocycles. The maximum absolute atomic E-state index is 12.9. The maximum Gasteiger partial charge on any atom is 0.271 e. The van der Waals surface area contributed by atoms with E-state index >= 15 is 0 Å². The number of hydrogen-bond acceptors (Lipinski definition) is 5. The number of rotatable bonds is 4. The van der Waals surface area contributed by atoms with Crippen LogP contribution in [-0.2, 0) is 0 Å². The second-order valence-electron chi connectivity index (χ2n) is 6.65. The number of phenolic OH excluding ortho intramolecular Hbond substituents is 1. The Morgan fingerprint density at radius 1 is 1.22 bits per heavy atom. The van der Waals surface area contributed by atoms with Crippen LogP contribution in [0.15, 0.2) is 47.8 Å². The first-order chi connectivity index (χ1) is 13.1. The van der Waals surface area contributed by atoms with E-state index < -0.39 is 0 Å². The molecule has 6 nitrogen and oxygen atoms in total. The highest BCUT2D eigenvalue weighted by Crippen LogP contribution is 2.25. The lowest BCUT2D eigenvalue weighted by molar-refractivity contribution is 0.0633. The first kappa shape index (κ1) is 17.5. The minimum Gasteiger partial charge on any atom is -0.508 e. The Kier molecular flexibility index (Phi) is 4.77. The molecule has 1 aliphatic rings. The molecule has 1 saturated heterocycles. The fraction of sp³-hybridized carbons (Fsp3) is 0.250. The van der Waals surface area contributed by atoms with Crippen LogP contribution >= 0.6 is 11.3 Å². The molecule has 138 valence electrons. The number of carbonyl (C=O) groups is 2. The van der Waals surface area contributed by atoms with Crippen LogP contribution in [0.25, 0.3) is 11.3 Å². The summed E-state index contributed by atoms with van der Waals surface area (Å²) in [6.45, 7) is 1.07. The number of piperidine rings is 1. The maximum atomic E-state index is 12.9. The molecule has 1 aromatic carbocycles. The van der Waals surface area contributed by atoms with Gasteiger partial charge in [0, 0.05) is 24.6 Å². The van der Waals surface area contributed by atoms with Gasteiger partial charge in [-0.15, -0.1) is 11.3 Å². The Morgan fingerprint density at radius 3 is 2.78 bits per heavy atom. The van der Waals surface area contributed by atoms with Crippen molar-refractivity contribution in [1.82, 2.24) is 15.1 Å². The Hall–Kier alpha value is -2.93. The van der Waals surface area contributed by atoms with Gasteiger partial charge in [-0.1, -0.05) is 6.07 Å². The van der Waals surface area contributed by atoms with Gasteiger partial charge in [-0.05, 0) is 54.6 Å². The van der Waals surface area contributed by atoms with Gasteiger partial charge < -0.3 is 10.0 Å². The lowest BCUT2D eigenvalue weighted by Gasteiger charge is -2.31. The summed E-state index contributed by atoms with van der Waals surface area (Å²) in [4.78, 5) is 28.0. The third kappa shape index (κ3) is 3.64. The highest BCUT2D eigenvalue weighted by molar-refractivity contribution is 7.12. The zero-order chi connectivity index (χ0) is 18.8. The number of H-pyrrole nitrogens is 1. The molecule has 0 saturated carbocycles. The van der Waals surface area contributed by atoms with E-state index in [0.717, 1.165) is 23.3 Å². The zero-order valence-electron chi connectivity index (χ0n) is 14.6. The van der Waals surface area contributed by atoms with Gasteiger partial charge in [-0.3, -0.25) is 14.7 Å². The van der Waals surface area contributed by atoms with E-state index in [4.69, 9.17) is 0 Å². The molecule has 2 aromatic heterocycles. The van der Waals surface area contributed by atoms with Crippen LogP contribution in [0.2, 0.25) is 0 Å². The van der Waals surface area contributed by atoms with E-state index in [1.807, 2.05) is 17.5 Å². The Morgan fingerprint density at radius 2 is 2.04 bits per heavy atom. The lowest BCUT2D eigenvalue weighted by Crippen LogP contribution is -2.42. The molecule has 1 atom stereocenters. The van der Waals surface area contributed by atoms with Crippen molar-refractivity contribution in [2.24, 2.45) is 5.92 Å². The molecule has 1 fully saturated rings. The molecule has 0 bridgehead atoms. The van der Waals surface area contributed by atoms with E-state index in [1.165, 1.54) is 11.3 Å². The first-order valence-corrected chi connectivity index (χ1v) is 9.71. The molecule has 1 aliphatic heterocycles. The van der Waals surface area contributed by atoms with Crippen molar-refractivity contribution in [3.63, 3.8) is 0 Å². The Bertz CT molecular complexity index is 947. The van der Waals surface area contributed by atoms with Gasteiger partial charge in [0.05, 0.1) is 10.6 Å². The minimum absolute atomic E-state index is 0.122. The van der Waals surface area contributed by atoms with Crippen molar-refractivity contribution in [1.29, 1.82) is 0 Å². The summed E-state index contributed by atoms with van der Waals surface area (Å²) in [5, 5.41) is 18.3. The fourth-order valence-electron chi connectivity index (χ4n) is 3.38. The second-order valence-corrected chi connectivity index (χ2v) is 7.59. The number of aromatic amines is 1. The van der Waals surface area contributed by atoms with Crippen molar-refractivity contribution in [2.75, 3.05) is 13.1 Å². The standard InChI is InChI=1S/C20H19N3O3S/c24-15-7-5-13(6-8-15)16-11-17(22-21-16)20(26)23-9-1-3-14(12-23)19(25)18-4-2-10-27-18/h2,4-8,10-11,14,24H,1,3,9,12H2,(H,21,22)/t14-/m0/s1. The van der Waals surface area contributed by atoms with Gasteiger partial charge in [-0.2, -0.15) is 5.10 Å². The second kappa shape index (κ2) is 7.36. The van der Waals surface area contributed by atoms with Crippen molar-refractivity contribution < 1.29 is 14.7 Å². The van der Waals surface area contributed by atoms with Gasteiger partial charge >= 0.3 is 0 Å². The summed E-state index contributed by atoms with van der Waals surface area (Å²) in [6.07, 6.45) is 1.62. The number of benzene rings is 1. The largest absolute Gasteiger partial charge is 0.508 e. The van der Waals surface area contributed by atoms with E-state index in [-0.39, 0.29) is 23.4 Å². The highest BCUT2D eigenvalue weighted by atomic mass is 32.1. The van der Waals surface area contributed by atoms with Gasteiger partial charge in [-0.25, -0.2) is 0 Å². The van der Waals surface area contributed by atoms with Crippen LogP contribution in [0.5, 0.6) is 5.75 Å². The number of nitrogens with zero attached hydrogens (tertiary/aromatic N) is 2. The summed E-state index contributed by atoms with van der Waals surface area (Å²) < 4.78 is 0. The van der Waals surface area contributed by atoms with Crippen molar-refractivity contribution in [3.8, 4) is 17.0 Å². The number of likely N-dealkylation sites (tertiary alicyclic amines) is 1. The Balaban J connectivity index is 1.48. The van der Waals surface area contributed by atoms with Crippen molar-refractivity contribution >= 4 is 23.0 Å². The summed E-state index contributed by atoms with van der Waals surface area (Å²) in [5.41, 5.74) is 1.86. The summed E-state index contributed by atoms with van der Waals surface area (Å²) in [7, 11) is 0. The van der Waals surface area contributed by atoms with E-state index in [2.05, 4.69) is 10.2 Å². The zero-order valence-corrected chi connectivity index (χ0v) is 15.4. The fourth-order valence-corrected chi connectivity index (χ4v) is 4.12. The van der Waals surface area contributed by atoms with Gasteiger partial charge in [0.15, 0.2) is 5.78 Å². The number of thiophene rings is 1. The molecular weight excluding hydrogens is 362 g/mol. The average Bonchev–Trinajstić information content (AvgIpc) is 3.40. The van der Waals surface area contributed by atoms with Crippen LogP contribution in [0.1, 0.15) is 33.0 Å². The first-order valence-electron chi connectivity index (χ1n) is 8.83. The monoisotopic (exact) mass is 381 g/mol. The van der Waals surface area contributed by atoms with Crippen LogP contribution in [0.3, 0.4) is 0 Å². The number of carbonyl (C=O) groups excluding carboxylic acids is 2. The van der Waals surface area contributed by atoms with Crippen LogP contribution in [0, 0.1) is 5.92 Å². The van der Waals surface area contributed by atoms with Crippen LogP contribution in [-0.4, -0.2) is 45.0 Å². The third-order valence-electron chi connectivity index (χ3n) is 4.81. The molecular formula is C20H19N3O3S. The number of aromatic hydroxyl groups is 1. The average molecular weight is 381 g/mol. The number of Topliss-reactive ketones (excluding diaryl/α,β-unsaturated/α-hetero) is 1. The number of hydrogen-bond donors (Lipinski definition) is 2. The Labute approximate surface area is 160 Å². The molecule has 4 rings (SSSR count). The number of aromatic nitrogens is 2. The summed E-state index contributed by atoms with van der Waals surface area (Å²) in [6, 6.07) is 12.1. The molecule has 1 amide bonds. The van der Waals surface area contributed by atoms with Crippen molar-refractivity contribution in [2.45, 2.75) is 12.8 Å². The molecule has 27 heavy (non-hydrogen) atoms. The molecule has 2 N–H and O–H groups in total. The summed E-state index contributed by atoms with van der Waals surface area (Å²) >= 11 is 1.45. The van der Waals surface area contributed by atoms with Gasteiger partial charge in [0.25, 0.3) is 5.91 Å². The van der Waals surface area contributed by atoms with Crippen LogP contribution < -0.4 is 0 Å². The molecule has 3 heterocycles. The predicted molar refractivity (Wildman–Crippen MR) is 103 cm³/mol.